The van der Waals surface area contributed by atoms with Crippen molar-refractivity contribution in [3.05, 3.63) is 29.8 Å². The van der Waals surface area contributed by atoms with Gasteiger partial charge in [0.1, 0.15) is 5.75 Å². The summed E-state index contributed by atoms with van der Waals surface area (Å²) in [5, 5.41) is 3.40. The van der Waals surface area contributed by atoms with Gasteiger partial charge in [-0.1, -0.05) is 32.4 Å². The molecule has 0 saturated carbocycles. The molecule has 90 valence electrons. The first-order valence-electron chi connectivity index (χ1n) is 6.01. The highest BCUT2D eigenvalue weighted by atomic mass is 16.5. The van der Waals surface area contributed by atoms with Gasteiger partial charge < -0.3 is 10.1 Å². The van der Waals surface area contributed by atoms with Crippen molar-refractivity contribution in [3.63, 3.8) is 0 Å². The fourth-order valence-corrected chi connectivity index (χ4v) is 1.93. The second kappa shape index (κ2) is 6.54. The number of hydrogen-bond donors (Lipinski definition) is 1. The van der Waals surface area contributed by atoms with Gasteiger partial charge in [-0.15, -0.1) is 0 Å². The summed E-state index contributed by atoms with van der Waals surface area (Å²) in [6.45, 7) is 4.53. The van der Waals surface area contributed by atoms with Gasteiger partial charge in [-0.3, -0.25) is 0 Å². The zero-order valence-corrected chi connectivity index (χ0v) is 10.8. The van der Waals surface area contributed by atoms with Crippen molar-refractivity contribution in [1.29, 1.82) is 0 Å². The van der Waals surface area contributed by atoms with Crippen LogP contribution >= 0.6 is 0 Å². The summed E-state index contributed by atoms with van der Waals surface area (Å²) < 4.78 is 5.24. The molecule has 2 nitrogen and oxygen atoms in total. The van der Waals surface area contributed by atoms with Crippen molar-refractivity contribution in [2.24, 2.45) is 5.92 Å². The fraction of sp³-hybridized carbons (Fsp3) is 0.571. The molecule has 0 amide bonds. The van der Waals surface area contributed by atoms with E-state index in [0.717, 1.165) is 12.2 Å². The van der Waals surface area contributed by atoms with Gasteiger partial charge in [0.25, 0.3) is 0 Å². The van der Waals surface area contributed by atoms with Crippen LogP contribution in [0.4, 0.5) is 0 Å². The average Bonchev–Trinajstić information content (AvgIpc) is 2.35. The lowest BCUT2D eigenvalue weighted by molar-refractivity contribution is 0.384. The molecular formula is C14H23NO. The Hall–Kier alpha value is -1.02. The Labute approximate surface area is 99.0 Å². The molecule has 1 N–H and O–H groups in total. The zero-order valence-electron chi connectivity index (χ0n) is 10.8. The van der Waals surface area contributed by atoms with Crippen LogP contribution in [0.25, 0.3) is 0 Å². The summed E-state index contributed by atoms with van der Waals surface area (Å²) in [4.78, 5) is 0. The molecule has 2 atom stereocenters. The Morgan fingerprint density at radius 3 is 2.69 bits per heavy atom. The van der Waals surface area contributed by atoms with Gasteiger partial charge in [-0.25, -0.2) is 0 Å². The van der Waals surface area contributed by atoms with Crippen LogP contribution in [-0.4, -0.2) is 20.2 Å². The summed E-state index contributed by atoms with van der Waals surface area (Å²) in [6, 6.07) is 8.86. The van der Waals surface area contributed by atoms with Crippen LogP contribution in [-0.2, 0) is 6.42 Å². The molecule has 0 bridgehead atoms. The second-order valence-corrected chi connectivity index (χ2v) is 4.34. The van der Waals surface area contributed by atoms with Gasteiger partial charge in [0.05, 0.1) is 7.11 Å². The van der Waals surface area contributed by atoms with E-state index in [1.807, 2.05) is 13.1 Å². The van der Waals surface area contributed by atoms with Gasteiger partial charge in [0.2, 0.25) is 0 Å². The van der Waals surface area contributed by atoms with Crippen LogP contribution in [0.3, 0.4) is 0 Å². The molecule has 2 heteroatoms. The monoisotopic (exact) mass is 221 g/mol. The number of nitrogens with one attached hydrogen (secondary N) is 1. The lowest BCUT2D eigenvalue weighted by Gasteiger charge is -2.22. The Balaban J connectivity index is 2.69. The first-order chi connectivity index (χ1) is 7.71. The molecule has 2 unspecified atom stereocenters. The van der Waals surface area contributed by atoms with E-state index in [1.165, 1.54) is 12.0 Å². The quantitative estimate of drug-likeness (QED) is 0.797. The SMILES string of the molecule is CCC(C)C(Cc1cccc(OC)c1)NC. The van der Waals surface area contributed by atoms with E-state index in [0.29, 0.717) is 12.0 Å². The van der Waals surface area contributed by atoms with Crippen molar-refractivity contribution in [3.8, 4) is 5.75 Å². The number of benzene rings is 1. The van der Waals surface area contributed by atoms with Crippen molar-refractivity contribution in [2.45, 2.75) is 32.7 Å². The van der Waals surface area contributed by atoms with Crippen molar-refractivity contribution in [2.75, 3.05) is 14.2 Å². The Morgan fingerprint density at radius 2 is 2.12 bits per heavy atom. The van der Waals surface area contributed by atoms with Crippen LogP contribution < -0.4 is 10.1 Å². The minimum absolute atomic E-state index is 0.539. The maximum Gasteiger partial charge on any atom is 0.119 e. The highest BCUT2D eigenvalue weighted by Gasteiger charge is 2.14. The van der Waals surface area contributed by atoms with E-state index in [9.17, 15) is 0 Å². The number of hydrogen-bond acceptors (Lipinski definition) is 2. The van der Waals surface area contributed by atoms with E-state index in [-0.39, 0.29) is 0 Å². The number of likely N-dealkylation sites (N-methyl/N-ethyl adjacent to an activating group) is 1. The highest BCUT2D eigenvalue weighted by Crippen LogP contribution is 2.17. The molecule has 0 heterocycles. The summed E-state index contributed by atoms with van der Waals surface area (Å²) in [6.07, 6.45) is 2.26. The maximum atomic E-state index is 5.24. The Kier molecular flexibility index (Phi) is 5.33. The molecule has 16 heavy (non-hydrogen) atoms. The third-order valence-corrected chi connectivity index (χ3v) is 3.29. The molecule has 1 rings (SSSR count). The molecule has 0 aliphatic carbocycles. The second-order valence-electron chi connectivity index (χ2n) is 4.34. The van der Waals surface area contributed by atoms with Crippen LogP contribution in [0.1, 0.15) is 25.8 Å². The van der Waals surface area contributed by atoms with Crippen molar-refractivity contribution >= 4 is 0 Å². The van der Waals surface area contributed by atoms with Crippen molar-refractivity contribution < 1.29 is 4.74 Å². The molecule has 0 aliphatic heterocycles. The molecule has 0 aliphatic rings. The minimum atomic E-state index is 0.539. The van der Waals surface area contributed by atoms with E-state index in [2.05, 4.69) is 37.4 Å². The predicted octanol–water partition coefficient (Wildman–Crippen LogP) is 2.87. The molecule has 1 aromatic rings. The van der Waals surface area contributed by atoms with Crippen LogP contribution in [0.15, 0.2) is 24.3 Å². The predicted molar refractivity (Wildman–Crippen MR) is 69.0 cm³/mol. The van der Waals surface area contributed by atoms with Crippen LogP contribution in [0.5, 0.6) is 5.75 Å². The standard InChI is InChI=1S/C14H23NO/c1-5-11(2)14(15-3)10-12-7-6-8-13(9-12)16-4/h6-9,11,14-15H,5,10H2,1-4H3. The molecule has 0 aromatic heterocycles. The van der Waals surface area contributed by atoms with Crippen molar-refractivity contribution in [1.82, 2.24) is 5.32 Å². The highest BCUT2D eigenvalue weighted by molar-refractivity contribution is 5.29. The molecule has 0 spiro atoms. The minimum Gasteiger partial charge on any atom is -0.497 e. The maximum absolute atomic E-state index is 5.24. The van der Waals surface area contributed by atoms with Gasteiger partial charge in [-0.05, 0) is 37.1 Å². The molecule has 0 fully saturated rings. The molecule has 0 radical (unpaired) electrons. The van der Waals surface area contributed by atoms with E-state index in [4.69, 9.17) is 4.74 Å². The largest absolute Gasteiger partial charge is 0.497 e. The Morgan fingerprint density at radius 1 is 1.38 bits per heavy atom. The average molecular weight is 221 g/mol. The van der Waals surface area contributed by atoms with Gasteiger partial charge in [0, 0.05) is 6.04 Å². The first kappa shape index (κ1) is 13.0. The van der Waals surface area contributed by atoms with Crippen LogP contribution in [0, 0.1) is 5.92 Å². The topological polar surface area (TPSA) is 21.3 Å². The lowest BCUT2D eigenvalue weighted by atomic mass is 9.93. The summed E-state index contributed by atoms with van der Waals surface area (Å²) in [5.74, 6) is 1.63. The third-order valence-electron chi connectivity index (χ3n) is 3.29. The molecular weight excluding hydrogens is 198 g/mol. The number of rotatable bonds is 6. The fourth-order valence-electron chi connectivity index (χ4n) is 1.93. The lowest BCUT2D eigenvalue weighted by Crippen LogP contribution is -2.33. The number of methoxy groups -OCH3 is 1. The van der Waals surface area contributed by atoms with Gasteiger partial charge >= 0.3 is 0 Å². The van der Waals surface area contributed by atoms with Gasteiger partial charge in [-0.2, -0.15) is 0 Å². The smallest absolute Gasteiger partial charge is 0.119 e. The Bertz CT molecular complexity index is 311. The van der Waals surface area contributed by atoms with E-state index in [1.54, 1.807) is 7.11 Å². The molecule has 1 aromatic carbocycles. The third kappa shape index (κ3) is 3.53. The van der Waals surface area contributed by atoms with E-state index >= 15 is 0 Å². The summed E-state index contributed by atoms with van der Waals surface area (Å²) in [5.41, 5.74) is 1.33. The first-order valence-corrected chi connectivity index (χ1v) is 6.01. The summed E-state index contributed by atoms with van der Waals surface area (Å²) in [7, 11) is 3.75. The number of ether oxygens (including phenoxy) is 1. The van der Waals surface area contributed by atoms with Crippen LogP contribution in [0.2, 0.25) is 0 Å². The zero-order chi connectivity index (χ0) is 12.0. The van der Waals surface area contributed by atoms with E-state index < -0.39 is 0 Å². The normalized spacial score (nSPS) is 14.5. The van der Waals surface area contributed by atoms with Gasteiger partial charge in [0.15, 0.2) is 0 Å². The molecule has 0 saturated heterocycles. The summed E-state index contributed by atoms with van der Waals surface area (Å²) >= 11 is 0.